The van der Waals surface area contributed by atoms with Gasteiger partial charge in [0.25, 0.3) is 5.91 Å². The van der Waals surface area contributed by atoms with E-state index in [0.717, 1.165) is 25.1 Å². The predicted octanol–water partition coefficient (Wildman–Crippen LogP) is 3.25. The number of piperidine rings is 1. The van der Waals surface area contributed by atoms with Gasteiger partial charge in [-0.15, -0.1) is 11.8 Å². The molecule has 2 saturated heterocycles. The van der Waals surface area contributed by atoms with Crippen molar-refractivity contribution in [3.63, 3.8) is 0 Å². The van der Waals surface area contributed by atoms with E-state index in [0.29, 0.717) is 36.7 Å². The van der Waals surface area contributed by atoms with Gasteiger partial charge in [0, 0.05) is 37.4 Å². The van der Waals surface area contributed by atoms with Crippen LogP contribution in [0, 0.1) is 5.92 Å². The van der Waals surface area contributed by atoms with Crippen LogP contribution in [-0.2, 0) is 4.79 Å². The summed E-state index contributed by atoms with van der Waals surface area (Å²) in [5, 5.41) is 0. The number of thioether (sulfide) groups is 1. The maximum atomic E-state index is 12.8. The largest absolute Gasteiger partial charge is 0.497 e. The molecule has 142 valence electrons. The summed E-state index contributed by atoms with van der Waals surface area (Å²) in [5.74, 6) is 2.37. The van der Waals surface area contributed by atoms with Crippen LogP contribution in [-0.4, -0.2) is 59.0 Å². The van der Waals surface area contributed by atoms with Gasteiger partial charge in [-0.05, 0) is 37.0 Å². The third kappa shape index (κ3) is 3.85. The maximum Gasteiger partial charge on any atom is 0.253 e. The molecule has 0 unspecified atom stereocenters. The molecule has 2 heterocycles. The summed E-state index contributed by atoms with van der Waals surface area (Å²) >= 11 is 1.89. The molecule has 6 heteroatoms. The Hall–Kier alpha value is -1.69. The van der Waals surface area contributed by atoms with E-state index >= 15 is 0 Å². The highest BCUT2D eigenvalue weighted by atomic mass is 32.2. The number of carbonyl (C=O) groups excluding carboxylic acids is 2. The molecule has 2 fully saturated rings. The first-order chi connectivity index (χ1) is 12.4. The van der Waals surface area contributed by atoms with E-state index in [9.17, 15) is 9.59 Å². The Morgan fingerprint density at radius 1 is 1.23 bits per heavy atom. The van der Waals surface area contributed by atoms with Gasteiger partial charge in [0.2, 0.25) is 5.91 Å². The van der Waals surface area contributed by atoms with Crippen molar-refractivity contribution in [1.82, 2.24) is 9.80 Å². The number of ether oxygens (including phenoxy) is 1. The summed E-state index contributed by atoms with van der Waals surface area (Å²) in [4.78, 5) is 29.4. The van der Waals surface area contributed by atoms with Crippen LogP contribution in [0.25, 0.3) is 0 Å². The average molecular weight is 377 g/mol. The Kier molecular flexibility index (Phi) is 5.80. The molecule has 0 radical (unpaired) electrons. The second kappa shape index (κ2) is 7.91. The monoisotopic (exact) mass is 376 g/mol. The molecule has 0 atom stereocenters. The number of likely N-dealkylation sites (tertiary alicyclic amines) is 1. The van der Waals surface area contributed by atoms with Crippen LogP contribution >= 0.6 is 11.8 Å². The van der Waals surface area contributed by atoms with Crippen LogP contribution in [0.2, 0.25) is 0 Å². The molecule has 2 amide bonds. The SMILES string of the molecule is COc1cccc(C(=O)N2CCC3(CC2)SCCN3C(=O)CC(C)C)c1. The molecular formula is C20H28N2O3S. The molecule has 26 heavy (non-hydrogen) atoms. The normalized spacial score (nSPS) is 19.2. The quantitative estimate of drug-likeness (QED) is 0.809. The maximum absolute atomic E-state index is 12.8. The minimum absolute atomic E-state index is 0.0433. The molecule has 1 aromatic rings. The molecule has 0 bridgehead atoms. The molecule has 5 nitrogen and oxygen atoms in total. The summed E-state index contributed by atoms with van der Waals surface area (Å²) in [6, 6.07) is 7.31. The van der Waals surface area contributed by atoms with E-state index in [2.05, 4.69) is 18.7 Å². The molecule has 0 saturated carbocycles. The van der Waals surface area contributed by atoms with E-state index in [1.807, 2.05) is 34.9 Å². The van der Waals surface area contributed by atoms with Crippen LogP contribution in [0.5, 0.6) is 5.75 Å². The Bertz CT molecular complexity index is 669. The van der Waals surface area contributed by atoms with Gasteiger partial charge in [-0.2, -0.15) is 0 Å². The van der Waals surface area contributed by atoms with Crippen LogP contribution in [0.15, 0.2) is 24.3 Å². The van der Waals surface area contributed by atoms with Crippen LogP contribution in [0.4, 0.5) is 0 Å². The molecule has 0 aromatic heterocycles. The number of nitrogens with zero attached hydrogens (tertiary/aromatic N) is 2. The lowest BCUT2D eigenvalue weighted by molar-refractivity contribution is -0.135. The summed E-state index contributed by atoms with van der Waals surface area (Å²) in [6.45, 7) is 6.38. The molecule has 2 aliphatic rings. The van der Waals surface area contributed by atoms with Gasteiger partial charge in [0.1, 0.15) is 5.75 Å². The van der Waals surface area contributed by atoms with Gasteiger partial charge in [-0.25, -0.2) is 0 Å². The van der Waals surface area contributed by atoms with Gasteiger partial charge < -0.3 is 14.5 Å². The van der Waals surface area contributed by atoms with E-state index in [1.54, 1.807) is 13.2 Å². The van der Waals surface area contributed by atoms with Gasteiger partial charge in [-0.1, -0.05) is 19.9 Å². The summed E-state index contributed by atoms with van der Waals surface area (Å²) in [6.07, 6.45) is 2.29. The first-order valence-corrected chi connectivity index (χ1v) is 10.3. The van der Waals surface area contributed by atoms with Crippen molar-refractivity contribution in [2.75, 3.05) is 32.5 Å². The standard InChI is InChI=1S/C20H28N2O3S/c1-15(2)13-18(23)22-11-12-26-20(22)7-9-21(10-8-20)19(24)16-5-4-6-17(14-16)25-3/h4-6,14-15H,7-13H2,1-3H3. The highest BCUT2D eigenvalue weighted by molar-refractivity contribution is 8.00. The third-order valence-corrected chi connectivity index (χ3v) is 6.76. The molecule has 3 rings (SSSR count). The van der Waals surface area contributed by atoms with Crippen LogP contribution in [0.1, 0.15) is 43.5 Å². The van der Waals surface area contributed by atoms with E-state index in [1.165, 1.54) is 0 Å². The van der Waals surface area contributed by atoms with Crippen LogP contribution in [0.3, 0.4) is 0 Å². The summed E-state index contributed by atoms with van der Waals surface area (Å²) < 4.78 is 5.22. The zero-order valence-corrected chi connectivity index (χ0v) is 16.7. The fourth-order valence-corrected chi connectivity index (χ4v) is 5.31. The molecule has 1 aromatic carbocycles. The fraction of sp³-hybridized carbons (Fsp3) is 0.600. The first kappa shape index (κ1) is 19.1. The Balaban J connectivity index is 1.66. The molecular weight excluding hydrogens is 348 g/mol. The van der Waals surface area contributed by atoms with Gasteiger partial charge in [0.05, 0.1) is 12.0 Å². The Morgan fingerprint density at radius 2 is 1.96 bits per heavy atom. The second-order valence-electron chi connectivity index (χ2n) is 7.46. The number of amides is 2. The number of hydrogen-bond donors (Lipinski definition) is 0. The van der Waals surface area contributed by atoms with Crippen molar-refractivity contribution < 1.29 is 14.3 Å². The molecule has 0 aliphatic carbocycles. The Morgan fingerprint density at radius 3 is 2.62 bits per heavy atom. The predicted molar refractivity (Wildman–Crippen MR) is 104 cm³/mol. The lowest BCUT2D eigenvalue weighted by atomic mass is 9.99. The number of carbonyl (C=O) groups is 2. The lowest BCUT2D eigenvalue weighted by Crippen LogP contribution is -2.53. The minimum Gasteiger partial charge on any atom is -0.497 e. The van der Waals surface area contributed by atoms with Crippen LogP contribution < -0.4 is 4.74 Å². The number of rotatable bonds is 4. The van der Waals surface area contributed by atoms with Crippen molar-refractivity contribution in [2.24, 2.45) is 5.92 Å². The molecule has 0 N–H and O–H groups in total. The zero-order valence-electron chi connectivity index (χ0n) is 15.9. The highest BCUT2D eigenvalue weighted by Gasteiger charge is 2.46. The minimum atomic E-state index is -0.114. The van der Waals surface area contributed by atoms with Crippen molar-refractivity contribution in [3.8, 4) is 5.75 Å². The smallest absolute Gasteiger partial charge is 0.253 e. The van der Waals surface area contributed by atoms with Gasteiger partial charge >= 0.3 is 0 Å². The lowest BCUT2D eigenvalue weighted by Gasteiger charge is -2.44. The van der Waals surface area contributed by atoms with E-state index in [-0.39, 0.29) is 16.7 Å². The first-order valence-electron chi connectivity index (χ1n) is 9.33. The molecule has 1 spiro atoms. The third-order valence-electron chi connectivity index (χ3n) is 5.21. The number of benzene rings is 1. The number of hydrogen-bond acceptors (Lipinski definition) is 4. The van der Waals surface area contributed by atoms with Crippen molar-refractivity contribution in [1.29, 1.82) is 0 Å². The zero-order chi connectivity index (χ0) is 18.7. The van der Waals surface area contributed by atoms with E-state index in [4.69, 9.17) is 4.74 Å². The highest BCUT2D eigenvalue weighted by Crippen LogP contribution is 2.44. The number of methoxy groups -OCH3 is 1. The van der Waals surface area contributed by atoms with E-state index < -0.39 is 0 Å². The second-order valence-corrected chi connectivity index (χ2v) is 8.92. The Labute approximate surface area is 160 Å². The average Bonchev–Trinajstić information content (AvgIpc) is 3.04. The van der Waals surface area contributed by atoms with Gasteiger partial charge in [0.15, 0.2) is 0 Å². The topological polar surface area (TPSA) is 49.9 Å². The summed E-state index contributed by atoms with van der Waals surface area (Å²) in [5.41, 5.74) is 0.659. The van der Waals surface area contributed by atoms with Crippen molar-refractivity contribution in [3.05, 3.63) is 29.8 Å². The summed E-state index contributed by atoms with van der Waals surface area (Å²) in [7, 11) is 1.61. The molecule has 2 aliphatic heterocycles. The van der Waals surface area contributed by atoms with Gasteiger partial charge in [-0.3, -0.25) is 9.59 Å². The van der Waals surface area contributed by atoms with Crippen molar-refractivity contribution >= 4 is 23.6 Å². The van der Waals surface area contributed by atoms with Crippen molar-refractivity contribution in [2.45, 2.75) is 38.0 Å². The fourth-order valence-electron chi connectivity index (χ4n) is 3.83.